The molecule has 1 aromatic rings. The van der Waals surface area contributed by atoms with Gasteiger partial charge >= 0.3 is 5.97 Å². The third-order valence-electron chi connectivity index (χ3n) is 6.24. The number of carboxylic acid groups (broad SMARTS) is 1. The van der Waals surface area contributed by atoms with Gasteiger partial charge in [-0.05, 0) is 42.8 Å². The van der Waals surface area contributed by atoms with Gasteiger partial charge in [-0.2, -0.15) is 11.8 Å². The zero-order valence-corrected chi connectivity index (χ0v) is 23.7. The Labute approximate surface area is 234 Å². The first-order valence-electron chi connectivity index (χ1n) is 13.0. The molecule has 0 heterocycles. The van der Waals surface area contributed by atoms with Crippen molar-refractivity contribution in [3.8, 4) is 0 Å². The van der Waals surface area contributed by atoms with Crippen molar-refractivity contribution in [1.29, 1.82) is 0 Å². The Hall–Kier alpha value is -3.32. The summed E-state index contributed by atoms with van der Waals surface area (Å²) in [5.41, 5.74) is 17.5. The fourth-order valence-corrected chi connectivity index (χ4v) is 4.18. The molecule has 0 bridgehead atoms. The average molecular weight is 566 g/mol. The van der Waals surface area contributed by atoms with Crippen LogP contribution in [0.3, 0.4) is 0 Å². The summed E-state index contributed by atoms with van der Waals surface area (Å²) < 4.78 is 0. The number of guanidine groups is 1. The topological polar surface area (TPSA) is 215 Å². The van der Waals surface area contributed by atoms with E-state index in [0.717, 1.165) is 5.56 Å². The molecule has 13 heteroatoms. The first-order chi connectivity index (χ1) is 18.5. The van der Waals surface area contributed by atoms with Crippen molar-refractivity contribution in [2.75, 3.05) is 18.6 Å². The van der Waals surface area contributed by atoms with Gasteiger partial charge in [-0.1, -0.05) is 50.6 Å². The van der Waals surface area contributed by atoms with Gasteiger partial charge in [-0.15, -0.1) is 0 Å². The molecule has 0 aromatic heterocycles. The number of thioether (sulfide) groups is 1. The highest BCUT2D eigenvalue weighted by atomic mass is 32.2. The maximum atomic E-state index is 13.3. The van der Waals surface area contributed by atoms with Crippen LogP contribution in [0.5, 0.6) is 0 Å². The van der Waals surface area contributed by atoms with Crippen LogP contribution in [0.4, 0.5) is 0 Å². The molecule has 0 fully saturated rings. The maximum Gasteiger partial charge on any atom is 0.326 e. The molecule has 1 aromatic carbocycles. The van der Waals surface area contributed by atoms with Crippen molar-refractivity contribution in [3.63, 3.8) is 0 Å². The molecule has 0 aliphatic heterocycles. The van der Waals surface area contributed by atoms with Gasteiger partial charge < -0.3 is 38.3 Å². The molecule has 0 spiro atoms. The fourth-order valence-electron chi connectivity index (χ4n) is 3.69. The molecule has 5 atom stereocenters. The SMILES string of the molecule is CCC(C)C(NC(=O)C(CCCN=C(N)N)NC(=O)C(N)CCSC)C(=O)NC(Cc1ccccc1)C(=O)O. The molecule has 3 amide bonds. The highest BCUT2D eigenvalue weighted by Crippen LogP contribution is 2.12. The van der Waals surface area contributed by atoms with E-state index in [2.05, 4.69) is 20.9 Å². The van der Waals surface area contributed by atoms with Crippen molar-refractivity contribution in [2.45, 2.75) is 70.1 Å². The third-order valence-corrected chi connectivity index (χ3v) is 6.88. The van der Waals surface area contributed by atoms with Crippen molar-refractivity contribution >= 4 is 41.4 Å². The first-order valence-corrected chi connectivity index (χ1v) is 14.4. The number of hydrogen-bond acceptors (Lipinski definition) is 7. The van der Waals surface area contributed by atoms with Crippen molar-refractivity contribution < 1.29 is 24.3 Å². The number of nitrogens with one attached hydrogen (secondary N) is 3. The van der Waals surface area contributed by atoms with E-state index in [9.17, 15) is 24.3 Å². The number of carbonyl (C=O) groups excluding carboxylic acids is 3. The van der Waals surface area contributed by atoms with E-state index in [1.165, 1.54) is 0 Å². The molecular formula is C26H43N7O5S. The third kappa shape index (κ3) is 12.9. The number of rotatable bonds is 18. The standard InChI is InChI=1S/C26H43N7O5S/c1-4-16(2)21(24(36)32-20(25(37)38)15-17-9-6-5-7-10-17)33-23(35)19(11-8-13-30-26(28)29)31-22(34)18(27)12-14-39-3/h5-7,9-10,16,18-21H,4,8,11-15,27H2,1-3H3,(H,31,34)(H,32,36)(H,33,35)(H,37,38)(H4,28,29,30). The summed E-state index contributed by atoms with van der Waals surface area (Å²) in [7, 11) is 0. The molecule has 218 valence electrons. The number of amides is 3. The summed E-state index contributed by atoms with van der Waals surface area (Å²) in [6, 6.07) is 4.92. The van der Waals surface area contributed by atoms with Gasteiger partial charge in [0.2, 0.25) is 17.7 Å². The largest absolute Gasteiger partial charge is 0.480 e. The number of nitrogens with zero attached hydrogens (tertiary/aromatic N) is 1. The fraction of sp³-hybridized carbons (Fsp3) is 0.577. The number of benzene rings is 1. The van der Waals surface area contributed by atoms with Crippen LogP contribution in [0.15, 0.2) is 35.3 Å². The van der Waals surface area contributed by atoms with Gasteiger partial charge in [0.1, 0.15) is 18.1 Å². The number of aliphatic imine (C=N–C) groups is 1. The van der Waals surface area contributed by atoms with Crippen LogP contribution in [0.1, 0.15) is 45.1 Å². The van der Waals surface area contributed by atoms with Gasteiger partial charge in [0.05, 0.1) is 6.04 Å². The summed E-state index contributed by atoms with van der Waals surface area (Å²) >= 11 is 1.55. The maximum absolute atomic E-state index is 13.3. The van der Waals surface area contributed by atoms with E-state index < -0.39 is 47.9 Å². The lowest BCUT2D eigenvalue weighted by Gasteiger charge is -2.28. The van der Waals surface area contributed by atoms with Crippen molar-refractivity contribution in [2.24, 2.45) is 28.1 Å². The summed E-state index contributed by atoms with van der Waals surface area (Å²) in [5, 5.41) is 17.7. The van der Waals surface area contributed by atoms with Crippen molar-refractivity contribution in [3.05, 3.63) is 35.9 Å². The van der Waals surface area contributed by atoms with E-state index in [-0.39, 0.29) is 31.3 Å². The highest BCUT2D eigenvalue weighted by Gasteiger charge is 2.32. The predicted octanol–water partition coefficient (Wildman–Crippen LogP) is -0.0518. The van der Waals surface area contributed by atoms with E-state index in [0.29, 0.717) is 25.0 Å². The minimum Gasteiger partial charge on any atom is -0.480 e. The number of nitrogens with two attached hydrogens (primary N) is 3. The van der Waals surface area contributed by atoms with E-state index in [4.69, 9.17) is 17.2 Å². The Bertz CT molecular complexity index is 959. The Balaban J connectivity index is 3.04. The Kier molecular flexibility index (Phi) is 15.6. The van der Waals surface area contributed by atoms with Crippen LogP contribution in [0.25, 0.3) is 0 Å². The quantitative estimate of drug-likeness (QED) is 0.0720. The number of carbonyl (C=O) groups is 4. The molecule has 10 N–H and O–H groups in total. The minimum absolute atomic E-state index is 0.0838. The summed E-state index contributed by atoms with van der Waals surface area (Å²) in [4.78, 5) is 55.1. The Morgan fingerprint density at radius 1 is 0.974 bits per heavy atom. The van der Waals surface area contributed by atoms with Crippen molar-refractivity contribution in [1.82, 2.24) is 16.0 Å². The van der Waals surface area contributed by atoms with Crippen LogP contribution in [-0.2, 0) is 25.6 Å². The molecule has 0 aliphatic carbocycles. The molecule has 1 rings (SSSR count). The molecule has 0 saturated carbocycles. The average Bonchev–Trinajstić information content (AvgIpc) is 2.91. The second kappa shape index (κ2) is 18.1. The lowest BCUT2D eigenvalue weighted by atomic mass is 9.96. The van der Waals surface area contributed by atoms with Gasteiger partial charge in [0, 0.05) is 13.0 Å². The molecule has 0 aliphatic rings. The molecule has 5 unspecified atom stereocenters. The second-order valence-corrected chi connectivity index (χ2v) is 10.3. The summed E-state index contributed by atoms with van der Waals surface area (Å²) in [5.74, 6) is -2.60. The minimum atomic E-state index is -1.19. The Morgan fingerprint density at radius 3 is 2.18 bits per heavy atom. The lowest BCUT2D eigenvalue weighted by molar-refractivity contribution is -0.142. The smallest absolute Gasteiger partial charge is 0.326 e. The van der Waals surface area contributed by atoms with Crippen LogP contribution in [0.2, 0.25) is 0 Å². The molecule has 12 nitrogen and oxygen atoms in total. The number of carboxylic acids is 1. The van der Waals surface area contributed by atoms with Gasteiger partial charge in [0.15, 0.2) is 5.96 Å². The first kappa shape index (κ1) is 33.7. The number of hydrogen-bond donors (Lipinski definition) is 7. The van der Waals surface area contributed by atoms with Crippen LogP contribution < -0.4 is 33.2 Å². The number of aliphatic carboxylic acids is 1. The molecular weight excluding hydrogens is 522 g/mol. The highest BCUT2D eigenvalue weighted by molar-refractivity contribution is 7.98. The van der Waals surface area contributed by atoms with E-state index in [1.54, 1.807) is 43.0 Å². The monoisotopic (exact) mass is 565 g/mol. The second-order valence-electron chi connectivity index (χ2n) is 9.36. The van der Waals surface area contributed by atoms with Gasteiger partial charge in [-0.3, -0.25) is 19.4 Å². The van der Waals surface area contributed by atoms with Gasteiger partial charge in [-0.25, -0.2) is 4.79 Å². The van der Waals surface area contributed by atoms with E-state index in [1.807, 2.05) is 19.2 Å². The summed E-state index contributed by atoms with van der Waals surface area (Å²) in [6.07, 6.45) is 3.54. The molecule has 39 heavy (non-hydrogen) atoms. The van der Waals surface area contributed by atoms with E-state index >= 15 is 0 Å². The molecule has 0 radical (unpaired) electrons. The normalized spacial score (nSPS) is 14.7. The van der Waals surface area contributed by atoms with Crippen LogP contribution in [-0.4, -0.2) is 77.5 Å². The van der Waals surface area contributed by atoms with Crippen LogP contribution in [0, 0.1) is 5.92 Å². The van der Waals surface area contributed by atoms with Gasteiger partial charge in [0.25, 0.3) is 0 Å². The zero-order chi connectivity index (χ0) is 29.4. The molecule has 0 saturated heterocycles. The zero-order valence-electron chi connectivity index (χ0n) is 22.9. The van der Waals surface area contributed by atoms with Crippen LogP contribution >= 0.6 is 11.8 Å². The predicted molar refractivity (Wildman–Crippen MR) is 154 cm³/mol. The summed E-state index contributed by atoms with van der Waals surface area (Å²) in [6.45, 7) is 3.88. The Morgan fingerprint density at radius 2 is 1.62 bits per heavy atom. The lowest BCUT2D eigenvalue weighted by Crippen LogP contribution is -2.58.